The number of hydrogen-bond donors (Lipinski definition) is 4. The number of hydrazine groups is 1. The molecule has 0 aromatic heterocycles. The Morgan fingerprint density at radius 1 is 1.14 bits per heavy atom. The maximum Gasteiger partial charge on any atom is 0.227 e. The standard InChI is InChI=1S/C28H40N6O/c1-19-6-4-7-21(12-19)17-34-18-31-27(32-34)16-30-28(35)24-14-26(22-8-5-11-29-15-22)33(3)25-10-9-20(2)13-23(24)25/h4,6-7,9-10,12-13,22,24,26-27,29,31-32H,5,8,11,14-18H2,1-3H3,(H,30,35). The number of nitrogens with zero attached hydrogens (tertiary/aromatic N) is 2. The van der Waals surface area contributed by atoms with Gasteiger partial charge in [0.25, 0.3) is 0 Å². The van der Waals surface area contributed by atoms with Crippen LogP contribution in [0.1, 0.15) is 47.4 Å². The molecule has 2 fully saturated rings. The van der Waals surface area contributed by atoms with Gasteiger partial charge in [-0.1, -0.05) is 47.5 Å². The third-order valence-corrected chi connectivity index (χ3v) is 7.91. The van der Waals surface area contributed by atoms with Crippen LogP contribution in [0.2, 0.25) is 0 Å². The molecule has 2 aromatic carbocycles. The van der Waals surface area contributed by atoms with Crippen molar-refractivity contribution in [3.05, 3.63) is 64.7 Å². The van der Waals surface area contributed by atoms with E-state index in [4.69, 9.17) is 0 Å². The lowest BCUT2D eigenvalue weighted by Gasteiger charge is -2.44. The van der Waals surface area contributed by atoms with Crippen molar-refractivity contribution in [3.8, 4) is 0 Å². The molecule has 35 heavy (non-hydrogen) atoms. The number of carbonyl (C=O) groups excluding carboxylic acids is 1. The van der Waals surface area contributed by atoms with E-state index in [-0.39, 0.29) is 18.0 Å². The molecule has 1 amide bonds. The lowest BCUT2D eigenvalue weighted by molar-refractivity contribution is -0.123. The molecule has 3 heterocycles. The summed E-state index contributed by atoms with van der Waals surface area (Å²) in [5, 5.41) is 12.5. The maximum absolute atomic E-state index is 13.6. The summed E-state index contributed by atoms with van der Waals surface area (Å²) in [5.41, 5.74) is 9.64. The first-order chi connectivity index (χ1) is 17.0. The van der Waals surface area contributed by atoms with Crippen molar-refractivity contribution < 1.29 is 4.79 Å². The van der Waals surface area contributed by atoms with Crippen molar-refractivity contribution in [3.63, 3.8) is 0 Å². The fourth-order valence-corrected chi connectivity index (χ4v) is 6.05. The smallest absolute Gasteiger partial charge is 0.227 e. The molecule has 7 heteroatoms. The number of hydrogen-bond acceptors (Lipinski definition) is 6. The zero-order chi connectivity index (χ0) is 24.4. The lowest BCUT2D eigenvalue weighted by atomic mass is 9.78. The lowest BCUT2D eigenvalue weighted by Crippen LogP contribution is -2.51. The molecule has 4 N–H and O–H groups in total. The summed E-state index contributed by atoms with van der Waals surface area (Å²) in [6, 6.07) is 15.6. The van der Waals surface area contributed by atoms with Gasteiger partial charge in [0.15, 0.2) is 0 Å². The average Bonchev–Trinajstić information content (AvgIpc) is 3.30. The highest BCUT2D eigenvalue weighted by Gasteiger charge is 2.39. The first-order valence-corrected chi connectivity index (χ1v) is 13.1. The molecule has 0 bridgehead atoms. The van der Waals surface area contributed by atoms with Crippen molar-refractivity contribution in [1.82, 2.24) is 26.4 Å². The fraction of sp³-hybridized carbons (Fsp3) is 0.536. The second-order valence-electron chi connectivity index (χ2n) is 10.6. The summed E-state index contributed by atoms with van der Waals surface area (Å²) >= 11 is 0. The van der Waals surface area contributed by atoms with Gasteiger partial charge >= 0.3 is 0 Å². The summed E-state index contributed by atoms with van der Waals surface area (Å²) in [5.74, 6) is 0.601. The minimum absolute atomic E-state index is 0.0327. The summed E-state index contributed by atoms with van der Waals surface area (Å²) in [7, 11) is 2.21. The zero-order valence-corrected chi connectivity index (χ0v) is 21.3. The van der Waals surface area contributed by atoms with E-state index in [1.54, 1.807) is 0 Å². The highest BCUT2D eigenvalue weighted by atomic mass is 16.1. The molecule has 0 radical (unpaired) electrons. The summed E-state index contributed by atoms with van der Waals surface area (Å²) in [6.07, 6.45) is 3.34. The van der Waals surface area contributed by atoms with E-state index in [0.717, 1.165) is 32.7 Å². The van der Waals surface area contributed by atoms with E-state index < -0.39 is 0 Å². The van der Waals surface area contributed by atoms with Crippen LogP contribution in [0, 0.1) is 19.8 Å². The predicted molar refractivity (Wildman–Crippen MR) is 141 cm³/mol. The summed E-state index contributed by atoms with van der Waals surface area (Å²) in [4.78, 5) is 16.0. The van der Waals surface area contributed by atoms with Crippen molar-refractivity contribution >= 4 is 11.6 Å². The quantitative estimate of drug-likeness (QED) is 0.514. The maximum atomic E-state index is 13.6. The van der Waals surface area contributed by atoms with Gasteiger partial charge in [0, 0.05) is 31.9 Å². The molecule has 2 aromatic rings. The van der Waals surface area contributed by atoms with Gasteiger partial charge in [0.2, 0.25) is 5.91 Å². The molecule has 0 spiro atoms. The minimum Gasteiger partial charge on any atom is -0.371 e. The summed E-state index contributed by atoms with van der Waals surface area (Å²) < 4.78 is 0. The van der Waals surface area contributed by atoms with E-state index in [0.29, 0.717) is 18.5 Å². The van der Waals surface area contributed by atoms with Gasteiger partial charge in [-0.15, -0.1) is 0 Å². The van der Waals surface area contributed by atoms with Crippen LogP contribution in [0.5, 0.6) is 0 Å². The second kappa shape index (κ2) is 10.7. The predicted octanol–water partition coefficient (Wildman–Crippen LogP) is 2.60. The SMILES string of the molecule is Cc1cccc(CN2CNC(CNC(=O)C3CC(C4CCCNC4)N(C)c4ccc(C)cc43)N2)c1. The van der Waals surface area contributed by atoms with Crippen LogP contribution in [0.4, 0.5) is 5.69 Å². The van der Waals surface area contributed by atoms with E-state index >= 15 is 0 Å². The van der Waals surface area contributed by atoms with E-state index in [9.17, 15) is 4.79 Å². The van der Waals surface area contributed by atoms with Crippen molar-refractivity contribution in [2.45, 2.75) is 57.8 Å². The summed E-state index contributed by atoms with van der Waals surface area (Å²) in [6.45, 7) is 8.52. The Morgan fingerprint density at radius 3 is 2.80 bits per heavy atom. The Kier molecular flexibility index (Phi) is 7.39. The molecule has 4 unspecified atom stereocenters. The van der Waals surface area contributed by atoms with Crippen LogP contribution >= 0.6 is 0 Å². The third-order valence-electron chi connectivity index (χ3n) is 7.91. The Balaban J connectivity index is 1.22. The number of benzene rings is 2. The van der Waals surface area contributed by atoms with Gasteiger partial charge in [-0.25, -0.2) is 10.4 Å². The average molecular weight is 477 g/mol. The van der Waals surface area contributed by atoms with Gasteiger partial charge in [0.1, 0.15) is 0 Å². The molecular weight excluding hydrogens is 436 g/mol. The second-order valence-corrected chi connectivity index (χ2v) is 10.6. The van der Waals surface area contributed by atoms with Gasteiger partial charge < -0.3 is 15.5 Å². The normalized spacial score (nSPS) is 27.0. The van der Waals surface area contributed by atoms with Gasteiger partial charge in [0.05, 0.1) is 18.8 Å². The first-order valence-electron chi connectivity index (χ1n) is 13.1. The molecule has 0 saturated carbocycles. The Labute approximate surface area is 209 Å². The van der Waals surface area contributed by atoms with Crippen molar-refractivity contribution in [1.29, 1.82) is 0 Å². The highest BCUT2D eigenvalue weighted by molar-refractivity contribution is 5.87. The van der Waals surface area contributed by atoms with Crippen molar-refractivity contribution in [2.24, 2.45) is 5.92 Å². The number of amides is 1. The molecule has 3 aliphatic heterocycles. The molecule has 5 rings (SSSR count). The Morgan fingerprint density at radius 2 is 2.00 bits per heavy atom. The molecule has 0 aliphatic carbocycles. The molecule has 188 valence electrons. The van der Waals surface area contributed by atoms with Crippen molar-refractivity contribution in [2.75, 3.05) is 38.3 Å². The monoisotopic (exact) mass is 476 g/mol. The van der Waals surface area contributed by atoms with Gasteiger partial charge in [-0.05, 0) is 69.3 Å². The topological polar surface area (TPSA) is 71.7 Å². The highest BCUT2D eigenvalue weighted by Crippen LogP contribution is 2.41. The number of aryl methyl sites for hydroxylation is 2. The van der Waals surface area contributed by atoms with E-state index in [1.807, 2.05) is 0 Å². The third kappa shape index (κ3) is 5.54. The Bertz CT molecular complexity index is 1040. The number of rotatable bonds is 6. The molecule has 3 aliphatic rings. The number of fused-ring (bicyclic) bond motifs is 1. The van der Waals surface area contributed by atoms with Crippen LogP contribution in [0.3, 0.4) is 0 Å². The largest absolute Gasteiger partial charge is 0.371 e. The zero-order valence-electron chi connectivity index (χ0n) is 21.3. The van der Waals surface area contributed by atoms with Gasteiger partial charge in [-0.2, -0.15) is 0 Å². The number of nitrogens with one attached hydrogen (secondary N) is 4. The number of anilines is 1. The van der Waals surface area contributed by atoms with Gasteiger partial charge in [-0.3, -0.25) is 10.1 Å². The fourth-order valence-electron chi connectivity index (χ4n) is 6.05. The molecule has 2 saturated heterocycles. The molecule has 7 nitrogen and oxygen atoms in total. The van der Waals surface area contributed by atoms with E-state index in [2.05, 4.69) is 94.6 Å². The van der Waals surface area contributed by atoms with Crippen LogP contribution in [-0.4, -0.2) is 56.5 Å². The van der Waals surface area contributed by atoms with E-state index in [1.165, 1.54) is 40.8 Å². The van der Waals surface area contributed by atoms with Crippen LogP contribution < -0.4 is 26.3 Å². The Hall–Kier alpha value is -2.45. The molecule has 4 atom stereocenters. The number of carbonyl (C=O) groups is 1. The molecular formula is C28H40N6O. The van der Waals surface area contributed by atoms with Crippen LogP contribution in [0.15, 0.2) is 42.5 Å². The number of piperidine rings is 1. The minimum atomic E-state index is -0.113. The van der Waals surface area contributed by atoms with Crippen LogP contribution in [0.25, 0.3) is 0 Å². The first kappa shape index (κ1) is 24.3. The van der Waals surface area contributed by atoms with Crippen LogP contribution in [-0.2, 0) is 11.3 Å².